The zero-order chi connectivity index (χ0) is 16.5. The SMILES string of the molecule is Cc1cc2ccccc2cc1-c1cc(-c2ccccc2)cc[n+]1C. The van der Waals surface area contributed by atoms with Crippen molar-refractivity contribution in [2.45, 2.75) is 6.92 Å². The minimum atomic E-state index is 1.24. The average molecular weight is 310 g/mol. The normalized spacial score (nSPS) is 10.9. The maximum Gasteiger partial charge on any atom is 0.213 e. The number of aromatic nitrogens is 1. The maximum atomic E-state index is 2.30. The lowest BCUT2D eigenvalue weighted by molar-refractivity contribution is -0.660. The zero-order valence-electron chi connectivity index (χ0n) is 14.0. The average Bonchev–Trinajstić information content (AvgIpc) is 2.62. The van der Waals surface area contributed by atoms with E-state index in [1.54, 1.807) is 0 Å². The van der Waals surface area contributed by atoms with Crippen LogP contribution in [0.25, 0.3) is 33.2 Å². The summed E-state index contributed by atoms with van der Waals surface area (Å²) in [6.45, 7) is 2.19. The summed E-state index contributed by atoms with van der Waals surface area (Å²) in [5.41, 5.74) is 6.32. The van der Waals surface area contributed by atoms with Crippen molar-refractivity contribution in [2.75, 3.05) is 0 Å². The van der Waals surface area contributed by atoms with Gasteiger partial charge in [0.15, 0.2) is 6.20 Å². The molecule has 4 aromatic rings. The third-order valence-electron chi connectivity index (χ3n) is 4.63. The standard InChI is InChI=1S/C23H20N/c1-17-14-19-10-6-7-11-20(19)15-22(17)23-16-21(12-13-24(23)2)18-8-4-3-5-9-18/h3-16H,1-2H3/q+1. The molecule has 4 rings (SSSR count). The van der Waals surface area contributed by atoms with Crippen molar-refractivity contribution in [2.24, 2.45) is 7.05 Å². The van der Waals surface area contributed by atoms with Crippen LogP contribution in [0.15, 0.2) is 85.1 Å². The van der Waals surface area contributed by atoms with E-state index in [4.69, 9.17) is 0 Å². The topological polar surface area (TPSA) is 3.88 Å². The Labute approximate surface area is 142 Å². The van der Waals surface area contributed by atoms with E-state index in [0.29, 0.717) is 0 Å². The molecule has 3 aromatic carbocycles. The van der Waals surface area contributed by atoms with Crippen molar-refractivity contribution in [1.29, 1.82) is 0 Å². The van der Waals surface area contributed by atoms with Gasteiger partial charge in [0.2, 0.25) is 5.69 Å². The number of rotatable bonds is 2. The maximum absolute atomic E-state index is 2.30. The highest BCUT2D eigenvalue weighted by atomic mass is 14.9. The van der Waals surface area contributed by atoms with E-state index >= 15 is 0 Å². The van der Waals surface area contributed by atoms with Gasteiger partial charge in [-0.25, -0.2) is 4.57 Å². The fourth-order valence-electron chi connectivity index (χ4n) is 3.28. The Morgan fingerprint density at radius 1 is 0.667 bits per heavy atom. The molecule has 1 heterocycles. The van der Waals surface area contributed by atoms with Crippen molar-refractivity contribution in [1.82, 2.24) is 0 Å². The van der Waals surface area contributed by atoms with Gasteiger partial charge in [0.1, 0.15) is 7.05 Å². The first-order chi connectivity index (χ1) is 11.7. The molecule has 116 valence electrons. The van der Waals surface area contributed by atoms with Crippen LogP contribution in [0.1, 0.15) is 5.56 Å². The third kappa shape index (κ3) is 2.59. The molecule has 0 saturated carbocycles. The number of fused-ring (bicyclic) bond motifs is 1. The van der Waals surface area contributed by atoms with E-state index in [9.17, 15) is 0 Å². The highest BCUT2D eigenvalue weighted by Crippen LogP contribution is 2.29. The summed E-state index contributed by atoms with van der Waals surface area (Å²) in [6, 6.07) is 28.1. The van der Waals surface area contributed by atoms with E-state index in [0.717, 1.165) is 0 Å². The molecule has 0 aliphatic heterocycles. The number of nitrogens with zero attached hydrogens (tertiary/aromatic N) is 1. The van der Waals surface area contributed by atoms with Gasteiger partial charge in [-0.2, -0.15) is 0 Å². The summed E-state index contributed by atoms with van der Waals surface area (Å²) >= 11 is 0. The van der Waals surface area contributed by atoms with Crippen LogP contribution in [0.2, 0.25) is 0 Å². The molecule has 0 fully saturated rings. The fraction of sp³-hybridized carbons (Fsp3) is 0.0870. The minimum Gasteiger partial charge on any atom is -0.201 e. The Morgan fingerprint density at radius 2 is 1.33 bits per heavy atom. The molecule has 0 radical (unpaired) electrons. The zero-order valence-corrected chi connectivity index (χ0v) is 14.0. The summed E-state index contributed by atoms with van der Waals surface area (Å²) in [5.74, 6) is 0. The molecule has 1 heteroatoms. The fourth-order valence-corrected chi connectivity index (χ4v) is 3.28. The van der Waals surface area contributed by atoms with Gasteiger partial charge in [-0.15, -0.1) is 0 Å². The van der Waals surface area contributed by atoms with Gasteiger partial charge in [-0.3, -0.25) is 0 Å². The van der Waals surface area contributed by atoms with Crippen LogP contribution < -0.4 is 4.57 Å². The van der Waals surface area contributed by atoms with Crippen molar-refractivity contribution < 1.29 is 4.57 Å². The van der Waals surface area contributed by atoms with Crippen LogP contribution in [0.5, 0.6) is 0 Å². The molecule has 0 saturated heterocycles. The lowest BCUT2D eigenvalue weighted by Crippen LogP contribution is -2.30. The molecule has 0 bridgehead atoms. The van der Waals surface area contributed by atoms with E-state index in [2.05, 4.69) is 104 Å². The second-order valence-corrected chi connectivity index (χ2v) is 6.29. The van der Waals surface area contributed by atoms with Gasteiger partial charge in [-0.1, -0.05) is 60.7 Å². The van der Waals surface area contributed by atoms with Gasteiger partial charge in [0, 0.05) is 17.7 Å². The monoisotopic (exact) mass is 310 g/mol. The molecule has 0 unspecified atom stereocenters. The molecule has 0 N–H and O–H groups in total. The van der Waals surface area contributed by atoms with Crippen LogP contribution in [0.3, 0.4) is 0 Å². The molecular weight excluding hydrogens is 290 g/mol. The Kier molecular flexibility index (Phi) is 3.62. The Bertz CT molecular complexity index is 1020. The van der Waals surface area contributed by atoms with Crippen LogP contribution in [-0.4, -0.2) is 0 Å². The molecule has 24 heavy (non-hydrogen) atoms. The number of hydrogen-bond acceptors (Lipinski definition) is 0. The first-order valence-corrected chi connectivity index (χ1v) is 8.27. The number of benzene rings is 3. The number of hydrogen-bond donors (Lipinski definition) is 0. The van der Waals surface area contributed by atoms with E-state index < -0.39 is 0 Å². The van der Waals surface area contributed by atoms with E-state index in [1.165, 1.54) is 38.7 Å². The highest BCUT2D eigenvalue weighted by Gasteiger charge is 2.15. The summed E-state index contributed by atoms with van der Waals surface area (Å²) in [6.07, 6.45) is 2.15. The minimum absolute atomic E-state index is 1.24. The molecule has 0 amide bonds. The number of pyridine rings is 1. The smallest absolute Gasteiger partial charge is 0.201 e. The van der Waals surface area contributed by atoms with Crippen molar-refractivity contribution in [3.05, 3.63) is 90.6 Å². The summed E-state index contributed by atoms with van der Waals surface area (Å²) in [4.78, 5) is 0. The van der Waals surface area contributed by atoms with Crippen LogP contribution in [0, 0.1) is 6.92 Å². The lowest BCUT2D eigenvalue weighted by Gasteiger charge is -2.09. The molecule has 0 atom stereocenters. The van der Waals surface area contributed by atoms with Gasteiger partial charge >= 0.3 is 0 Å². The second-order valence-electron chi connectivity index (χ2n) is 6.29. The van der Waals surface area contributed by atoms with Gasteiger partial charge in [-0.05, 0) is 40.5 Å². The predicted molar refractivity (Wildman–Crippen MR) is 101 cm³/mol. The number of aryl methyl sites for hydroxylation is 2. The van der Waals surface area contributed by atoms with Gasteiger partial charge in [0.25, 0.3) is 0 Å². The van der Waals surface area contributed by atoms with Crippen LogP contribution in [0.4, 0.5) is 0 Å². The van der Waals surface area contributed by atoms with E-state index in [-0.39, 0.29) is 0 Å². The van der Waals surface area contributed by atoms with Gasteiger partial charge in [0.05, 0.1) is 0 Å². The first-order valence-electron chi connectivity index (χ1n) is 8.27. The molecular formula is C23H20N+. The summed E-state index contributed by atoms with van der Waals surface area (Å²) in [5, 5.41) is 2.57. The predicted octanol–water partition coefficient (Wildman–Crippen LogP) is 5.31. The third-order valence-corrected chi connectivity index (χ3v) is 4.63. The lowest BCUT2D eigenvalue weighted by atomic mass is 9.97. The first kappa shape index (κ1) is 14.6. The molecule has 1 nitrogen and oxygen atoms in total. The molecule has 0 aliphatic rings. The summed E-state index contributed by atoms with van der Waals surface area (Å²) < 4.78 is 2.20. The van der Waals surface area contributed by atoms with Crippen LogP contribution in [-0.2, 0) is 7.05 Å². The Balaban J connectivity index is 1.92. The second kappa shape index (κ2) is 5.93. The van der Waals surface area contributed by atoms with Gasteiger partial charge < -0.3 is 0 Å². The van der Waals surface area contributed by atoms with Crippen molar-refractivity contribution in [3.8, 4) is 22.4 Å². The Morgan fingerprint density at radius 3 is 2.08 bits per heavy atom. The molecule has 0 spiro atoms. The highest BCUT2D eigenvalue weighted by molar-refractivity contribution is 5.88. The van der Waals surface area contributed by atoms with E-state index in [1.807, 2.05) is 0 Å². The van der Waals surface area contributed by atoms with Crippen molar-refractivity contribution in [3.63, 3.8) is 0 Å². The van der Waals surface area contributed by atoms with Crippen molar-refractivity contribution >= 4 is 10.8 Å². The quantitative estimate of drug-likeness (QED) is 0.442. The molecule has 0 aliphatic carbocycles. The Hall–Kier alpha value is -2.93. The van der Waals surface area contributed by atoms with Crippen LogP contribution >= 0.6 is 0 Å². The molecule has 1 aromatic heterocycles. The summed E-state index contributed by atoms with van der Waals surface area (Å²) in [7, 11) is 2.11. The largest absolute Gasteiger partial charge is 0.213 e.